The Morgan fingerprint density at radius 3 is 1.49 bits per heavy atom. The Hall–Kier alpha value is -7.49. The van der Waals surface area contributed by atoms with Crippen LogP contribution in [0.4, 0.5) is 0 Å². The van der Waals surface area contributed by atoms with Crippen LogP contribution < -0.4 is 0 Å². The Kier molecular flexibility index (Phi) is 7.71. The van der Waals surface area contributed by atoms with E-state index in [4.69, 9.17) is 4.98 Å². The van der Waals surface area contributed by atoms with Crippen LogP contribution in [0.15, 0.2) is 206 Å². The molecule has 0 N–H and O–H groups in total. The van der Waals surface area contributed by atoms with Crippen LogP contribution in [0.1, 0.15) is 5.56 Å². The van der Waals surface area contributed by atoms with Crippen LogP contribution in [0.3, 0.4) is 0 Å². The predicted molar refractivity (Wildman–Crippen MR) is 239 cm³/mol. The van der Waals surface area contributed by atoms with Crippen molar-refractivity contribution < 1.29 is 0 Å². The third-order valence-corrected chi connectivity index (χ3v) is 11.4. The Morgan fingerprint density at radius 2 is 0.807 bits per heavy atom. The van der Waals surface area contributed by atoms with Gasteiger partial charge in [0.15, 0.2) is 0 Å². The average Bonchev–Trinajstić information content (AvgIpc) is 3.79. The van der Waals surface area contributed by atoms with E-state index < -0.39 is 0 Å². The molecule has 57 heavy (non-hydrogen) atoms. The van der Waals surface area contributed by atoms with Crippen LogP contribution in [0.2, 0.25) is 0 Å². The van der Waals surface area contributed by atoms with Crippen LogP contribution in [0.25, 0.3) is 99.8 Å². The van der Waals surface area contributed by atoms with Gasteiger partial charge in [0.05, 0.1) is 33.5 Å². The van der Waals surface area contributed by atoms with Crippen molar-refractivity contribution in [1.29, 1.82) is 0 Å². The summed E-state index contributed by atoms with van der Waals surface area (Å²) in [5.74, 6) is 0. The zero-order chi connectivity index (χ0) is 37.9. The molecule has 0 aliphatic heterocycles. The SMILES string of the molecule is Cc1ccc(-n2c3ccccc3c3ccc(-c4ccc5c(c4)c4ccccc4n5-c4cccc(-c5cc(-c6ccccc6)nc(-c6ccccc6)c5)c4)cc32)cc1. The zero-order valence-corrected chi connectivity index (χ0v) is 31.5. The maximum absolute atomic E-state index is 5.13. The molecule has 11 aromatic rings. The van der Waals surface area contributed by atoms with E-state index in [0.29, 0.717) is 0 Å². The lowest BCUT2D eigenvalue weighted by molar-refractivity contribution is 1.17. The number of fused-ring (bicyclic) bond motifs is 6. The molecule has 0 radical (unpaired) electrons. The van der Waals surface area contributed by atoms with Gasteiger partial charge in [-0.05, 0) is 95.9 Å². The third-order valence-electron chi connectivity index (χ3n) is 11.4. The van der Waals surface area contributed by atoms with E-state index in [1.165, 1.54) is 66.0 Å². The van der Waals surface area contributed by atoms with E-state index >= 15 is 0 Å². The minimum atomic E-state index is 0.958. The van der Waals surface area contributed by atoms with Crippen LogP contribution in [0, 0.1) is 6.92 Å². The molecule has 3 aromatic heterocycles. The number of hydrogen-bond donors (Lipinski definition) is 0. The van der Waals surface area contributed by atoms with Gasteiger partial charge in [0.2, 0.25) is 0 Å². The summed E-state index contributed by atoms with van der Waals surface area (Å²) in [6.45, 7) is 2.14. The van der Waals surface area contributed by atoms with Gasteiger partial charge in [0.1, 0.15) is 0 Å². The number of rotatable bonds is 6. The molecule has 0 amide bonds. The molecular formula is C54H37N3. The molecule has 0 spiro atoms. The van der Waals surface area contributed by atoms with Gasteiger partial charge in [-0.1, -0.05) is 145 Å². The number of aryl methyl sites for hydroxylation is 1. The molecule has 3 heterocycles. The van der Waals surface area contributed by atoms with Gasteiger partial charge in [-0.3, -0.25) is 0 Å². The maximum Gasteiger partial charge on any atom is 0.0715 e. The Bertz CT molecular complexity index is 3220. The Balaban J connectivity index is 1.05. The number of para-hydroxylation sites is 2. The zero-order valence-electron chi connectivity index (χ0n) is 31.5. The van der Waals surface area contributed by atoms with Gasteiger partial charge in [0.25, 0.3) is 0 Å². The number of benzene rings is 8. The van der Waals surface area contributed by atoms with Gasteiger partial charge < -0.3 is 9.13 Å². The first-order valence-corrected chi connectivity index (χ1v) is 19.5. The number of aromatic nitrogens is 3. The van der Waals surface area contributed by atoms with Gasteiger partial charge in [-0.2, -0.15) is 0 Å². The van der Waals surface area contributed by atoms with Crippen LogP contribution in [-0.4, -0.2) is 14.1 Å². The second-order valence-electron chi connectivity index (χ2n) is 14.9. The van der Waals surface area contributed by atoms with Gasteiger partial charge in [-0.15, -0.1) is 0 Å². The third kappa shape index (κ3) is 5.63. The number of hydrogen-bond acceptors (Lipinski definition) is 1. The summed E-state index contributed by atoms with van der Waals surface area (Å²) in [5.41, 5.74) is 17.1. The first-order chi connectivity index (χ1) is 28.2. The van der Waals surface area contributed by atoms with Crippen LogP contribution in [-0.2, 0) is 0 Å². The van der Waals surface area contributed by atoms with E-state index in [1.54, 1.807) is 0 Å². The molecule has 0 saturated heterocycles. The molecule has 0 saturated carbocycles. The molecule has 8 aromatic carbocycles. The summed E-state index contributed by atoms with van der Waals surface area (Å²) < 4.78 is 4.81. The lowest BCUT2D eigenvalue weighted by Crippen LogP contribution is -1.95. The molecule has 0 fully saturated rings. The van der Waals surface area contributed by atoms with Crippen molar-refractivity contribution in [3.8, 4) is 56.1 Å². The normalized spacial score (nSPS) is 11.6. The molecule has 0 atom stereocenters. The van der Waals surface area contributed by atoms with Crippen molar-refractivity contribution in [2.75, 3.05) is 0 Å². The molecule has 268 valence electrons. The van der Waals surface area contributed by atoms with Crippen molar-refractivity contribution in [1.82, 2.24) is 14.1 Å². The fourth-order valence-corrected chi connectivity index (χ4v) is 8.59. The second kappa shape index (κ2) is 13.4. The molecule has 11 rings (SSSR count). The minimum Gasteiger partial charge on any atom is -0.309 e. The van der Waals surface area contributed by atoms with E-state index in [0.717, 1.165) is 39.3 Å². The molecule has 3 heteroatoms. The smallest absolute Gasteiger partial charge is 0.0715 e. The summed E-state index contributed by atoms with van der Waals surface area (Å²) in [6, 6.07) is 74.5. The molecular weight excluding hydrogens is 691 g/mol. The van der Waals surface area contributed by atoms with Gasteiger partial charge >= 0.3 is 0 Å². The van der Waals surface area contributed by atoms with Gasteiger partial charge in [0, 0.05) is 44.0 Å². The molecule has 0 aliphatic rings. The maximum atomic E-state index is 5.13. The largest absolute Gasteiger partial charge is 0.309 e. The quantitative estimate of drug-likeness (QED) is 0.167. The van der Waals surface area contributed by atoms with E-state index in [9.17, 15) is 0 Å². The fourth-order valence-electron chi connectivity index (χ4n) is 8.59. The Labute approximate surface area is 331 Å². The van der Waals surface area contributed by atoms with Gasteiger partial charge in [-0.25, -0.2) is 4.98 Å². The minimum absolute atomic E-state index is 0.958. The predicted octanol–water partition coefficient (Wildman–Crippen LogP) is 14.3. The summed E-state index contributed by atoms with van der Waals surface area (Å²) in [4.78, 5) is 5.13. The van der Waals surface area contributed by atoms with E-state index in [-0.39, 0.29) is 0 Å². The molecule has 3 nitrogen and oxygen atoms in total. The highest BCUT2D eigenvalue weighted by atomic mass is 15.0. The molecule has 0 unspecified atom stereocenters. The highest BCUT2D eigenvalue weighted by Crippen LogP contribution is 2.39. The van der Waals surface area contributed by atoms with Crippen LogP contribution in [0.5, 0.6) is 0 Å². The number of pyridine rings is 1. The highest BCUT2D eigenvalue weighted by Gasteiger charge is 2.17. The van der Waals surface area contributed by atoms with Crippen LogP contribution >= 0.6 is 0 Å². The highest BCUT2D eigenvalue weighted by molar-refractivity contribution is 6.12. The number of nitrogens with zero attached hydrogens (tertiary/aromatic N) is 3. The lowest BCUT2D eigenvalue weighted by atomic mass is 9.99. The summed E-state index contributed by atoms with van der Waals surface area (Å²) in [5, 5.41) is 4.98. The summed E-state index contributed by atoms with van der Waals surface area (Å²) in [6.07, 6.45) is 0. The fraction of sp³-hybridized carbons (Fsp3) is 0.0185. The van der Waals surface area contributed by atoms with Crippen molar-refractivity contribution in [2.24, 2.45) is 0 Å². The summed E-state index contributed by atoms with van der Waals surface area (Å²) in [7, 11) is 0. The van der Waals surface area contributed by atoms with E-state index in [2.05, 4.69) is 222 Å². The van der Waals surface area contributed by atoms with Crippen molar-refractivity contribution in [2.45, 2.75) is 6.92 Å². The monoisotopic (exact) mass is 727 g/mol. The van der Waals surface area contributed by atoms with Crippen molar-refractivity contribution in [3.05, 3.63) is 212 Å². The average molecular weight is 728 g/mol. The summed E-state index contributed by atoms with van der Waals surface area (Å²) >= 11 is 0. The molecule has 0 bridgehead atoms. The first kappa shape index (κ1) is 32.9. The van der Waals surface area contributed by atoms with Crippen molar-refractivity contribution in [3.63, 3.8) is 0 Å². The Morgan fingerprint density at radius 1 is 0.298 bits per heavy atom. The standard InChI is InChI=1S/C54H37N3/c1-36-23-27-43(28-24-36)56-51-21-10-8-19-45(51)47-29-25-41(35-54(47)56)40-26-30-53-48(32-40)46-20-9-11-22-52(46)57(53)44-18-12-17-39(31-44)42-33-49(37-13-4-2-5-14-37)55-50(34-42)38-15-6-3-7-16-38/h2-35H,1H3. The topological polar surface area (TPSA) is 22.8 Å². The molecule has 0 aliphatic carbocycles. The lowest BCUT2D eigenvalue weighted by Gasteiger charge is -2.13. The van der Waals surface area contributed by atoms with E-state index in [1.807, 2.05) is 0 Å². The second-order valence-corrected chi connectivity index (χ2v) is 14.9. The first-order valence-electron chi connectivity index (χ1n) is 19.5. The van der Waals surface area contributed by atoms with Crippen molar-refractivity contribution >= 4 is 43.6 Å².